The predicted octanol–water partition coefficient (Wildman–Crippen LogP) is 4.13. The second kappa shape index (κ2) is 11.9. The van der Waals surface area contributed by atoms with E-state index in [2.05, 4.69) is 19.2 Å². The van der Waals surface area contributed by atoms with Gasteiger partial charge in [0.1, 0.15) is 5.78 Å². The Morgan fingerprint density at radius 2 is 1.61 bits per heavy atom. The minimum absolute atomic E-state index is 0.0500. The van der Waals surface area contributed by atoms with Crippen molar-refractivity contribution in [2.24, 2.45) is 23.7 Å². The molecule has 0 saturated heterocycles. The molecule has 0 bridgehead atoms. The molecule has 1 unspecified atom stereocenters. The molecule has 162 valence electrons. The summed E-state index contributed by atoms with van der Waals surface area (Å²) in [5.41, 5.74) is 0. The third-order valence-corrected chi connectivity index (χ3v) is 6.46. The highest BCUT2D eigenvalue weighted by molar-refractivity contribution is 5.84. The highest BCUT2D eigenvalue weighted by atomic mass is 16.5. The van der Waals surface area contributed by atoms with E-state index >= 15 is 0 Å². The first kappa shape index (κ1) is 23.3. The number of hydrogen-bond acceptors (Lipinski definition) is 4. The lowest BCUT2D eigenvalue weighted by atomic mass is 9.74. The van der Waals surface area contributed by atoms with Crippen LogP contribution in [0, 0.1) is 23.7 Å². The number of carbonyl (C=O) groups excluding carboxylic acids is 2. The van der Waals surface area contributed by atoms with Crippen LogP contribution >= 0.6 is 0 Å². The van der Waals surface area contributed by atoms with Crippen LogP contribution in [0.15, 0.2) is 0 Å². The summed E-state index contributed by atoms with van der Waals surface area (Å²) in [6.07, 6.45) is 8.09. The first-order valence-corrected chi connectivity index (χ1v) is 11.4. The number of carbonyl (C=O) groups is 2. The van der Waals surface area contributed by atoms with Gasteiger partial charge in [-0.05, 0) is 70.6 Å². The molecule has 1 N–H and O–H groups in total. The third kappa shape index (κ3) is 7.82. The van der Waals surface area contributed by atoms with Gasteiger partial charge in [0, 0.05) is 37.5 Å². The van der Waals surface area contributed by atoms with Gasteiger partial charge in [0.2, 0.25) is 5.91 Å². The van der Waals surface area contributed by atoms with Gasteiger partial charge in [-0.3, -0.25) is 9.59 Å². The van der Waals surface area contributed by atoms with E-state index in [1.807, 2.05) is 13.8 Å². The van der Waals surface area contributed by atoms with Gasteiger partial charge in [-0.1, -0.05) is 13.8 Å². The first-order valence-electron chi connectivity index (χ1n) is 11.4. The molecule has 2 saturated carbocycles. The van der Waals surface area contributed by atoms with Crippen molar-refractivity contribution in [3.8, 4) is 0 Å². The van der Waals surface area contributed by atoms with Crippen LogP contribution in [-0.4, -0.2) is 43.7 Å². The van der Waals surface area contributed by atoms with Crippen LogP contribution in [0.2, 0.25) is 0 Å². The molecule has 2 aliphatic rings. The third-order valence-electron chi connectivity index (χ3n) is 6.46. The molecular weight excluding hydrogens is 354 g/mol. The fourth-order valence-corrected chi connectivity index (χ4v) is 4.18. The summed E-state index contributed by atoms with van der Waals surface area (Å²) in [6, 6.07) is 0.175. The van der Waals surface area contributed by atoms with Crippen LogP contribution in [0.25, 0.3) is 0 Å². The maximum absolute atomic E-state index is 12.1. The van der Waals surface area contributed by atoms with Crippen molar-refractivity contribution >= 4 is 11.7 Å². The summed E-state index contributed by atoms with van der Waals surface area (Å²) in [4.78, 5) is 24.1. The van der Waals surface area contributed by atoms with Crippen molar-refractivity contribution < 1.29 is 19.1 Å². The molecule has 0 aromatic rings. The molecule has 1 amide bonds. The molecule has 28 heavy (non-hydrogen) atoms. The van der Waals surface area contributed by atoms with E-state index in [1.54, 1.807) is 0 Å². The van der Waals surface area contributed by atoms with Crippen LogP contribution in [-0.2, 0) is 19.1 Å². The molecule has 2 aliphatic carbocycles. The summed E-state index contributed by atoms with van der Waals surface area (Å²) in [5.74, 6) is 2.03. The predicted molar refractivity (Wildman–Crippen MR) is 111 cm³/mol. The van der Waals surface area contributed by atoms with E-state index in [0.717, 1.165) is 32.5 Å². The van der Waals surface area contributed by atoms with Gasteiger partial charge in [-0.15, -0.1) is 0 Å². The van der Waals surface area contributed by atoms with Crippen LogP contribution in [0.5, 0.6) is 0 Å². The molecule has 5 nitrogen and oxygen atoms in total. The molecule has 2 rings (SSSR count). The summed E-state index contributed by atoms with van der Waals surface area (Å²) < 4.78 is 11.5. The summed E-state index contributed by atoms with van der Waals surface area (Å²) in [6.45, 7) is 10.4. The van der Waals surface area contributed by atoms with E-state index in [1.165, 1.54) is 25.7 Å². The zero-order valence-corrected chi connectivity index (χ0v) is 18.4. The quantitative estimate of drug-likeness (QED) is 0.505. The second-order valence-corrected chi connectivity index (χ2v) is 9.24. The highest BCUT2D eigenvalue weighted by Crippen LogP contribution is 2.31. The minimum Gasteiger partial charge on any atom is -0.381 e. The minimum atomic E-state index is 0.0500. The average molecular weight is 396 g/mol. The van der Waals surface area contributed by atoms with Crippen molar-refractivity contribution in [3.63, 3.8) is 0 Å². The monoisotopic (exact) mass is 395 g/mol. The van der Waals surface area contributed by atoms with Crippen molar-refractivity contribution in [1.29, 1.82) is 0 Å². The molecule has 2 fully saturated rings. The molecule has 0 aromatic heterocycles. The van der Waals surface area contributed by atoms with Gasteiger partial charge in [0.25, 0.3) is 0 Å². The summed E-state index contributed by atoms with van der Waals surface area (Å²) in [5, 5.41) is 3.04. The van der Waals surface area contributed by atoms with Gasteiger partial charge in [0.15, 0.2) is 0 Å². The largest absolute Gasteiger partial charge is 0.381 e. The Morgan fingerprint density at radius 1 is 1.00 bits per heavy atom. The zero-order valence-electron chi connectivity index (χ0n) is 18.4. The summed E-state index contributed by atoms with van der Waals surface area (Å²) in [7, 11) is 0. The molecule has 0 radical (unpaired) electrons. The van der Waals surface area contributed by atoms with Gasteiger partial charge >= 0.3 is 0 Å². The number of ketones is 1. The lowest BCUT2D eigenvalue weighted by Gasteiger charge is -2.36. The number of ether oxygens (including phenoxy) is 2. The standard InChI is InChI=1S/C23H41NO4/c1-5-17(4)23(26)20-12-21(13-20)24-22(25)10-11-27-14-18-6-8-19(9-7-18)15-28-16(2)3/h16-21H,5-15H2,1-4H3,(H,24,25). The number of rotatable bonds is 12. The average Bonchev–Trinajstić information content (AvgIpc) is 2.65. The van der Waals surface area contributed by atoms with Crippen molar-refractivity contribution in [1.82, 2.24) is 5.32 Å². The fourth-order valence-electron chi connectivity index (χ4n) is 4.18. The van der Waals surface area contributed by atoms with Gasteiger partial charge in [-0.2, -0.15) is 0 Å². The maximum Gasteiger partial charge on any atom is 0.222 e. The number of amides is 1. The van der Waals surface area contributed by atoms with Gasteiger partial charge < -0.3 is 14.8 Å². The Labute approximate surface area is 171 Å². The van der Waals surface area contributed by atoms with Gasteiger partial charge in [-0.25, -0.2) is 0 Å². The first-order chi connectivity index (χ1) is 13.4. The number of nitrogens with one attached hydrogen (secondary N) is 1. The highest BCUT2D eigenvalue weighted by Gasteiger charge is 2.36. The molecule has 1 atom stereocenters. The van der Waals surface area contributed by atoms with Crippen LogP contribution in [0.4, 0.5) is 0 Å². The van der Waals surface area contributed by atoms with E-state index < -0.39 is 0 Å². The Balaban J connectivity index is 1.47. The second-order valence-electron chi connectivity index (χ2n) is 9.24. The van der Waals surface area contributed by atoms with Crippen molar-refractivity contribution in [3.05, 3.63) is 0 Å². The lowest BCUT2D eigenvalue weighted by Crippen LogP contribution is -2.47. The Hall–Kier alpha value is -0.940. The Bertz CT molecular complexity index is 479. The summed E-state index contributed by atoms with van der Waals surface area (Å²) >= 11 is 0. The molecule has 0 aliphatic heterocycles. The fraction of sp³-hybridized carbons (Fsp3) is 0.913. The maximum atomic E-state index is 12.1. The Kier molecular flexibility index (Phi) is 9.93. The van der Waals surface area contributed by atoms with Crippen molar-refractivity contribution in [2.45, 2.75) is 91.2 Å². The van der Waals surface area contributed by atoms with E-state index in [4.69, 9.17) is 9.47 Å². The topological polar surface area (TPSA) is 64.6 Å². The number of Topliss-reactive ketones (excluding diaryl/α,β-unsaturated/α-hetero) is 1. The van der Waals surface area contributed by atoms with Crippen LogP contribution in [0.3, 0.4) is 0 Å². The zero-order chi connectivity index (χ0) is 20.5. The molecule has 0 aromatic carbocycles. The molecular formula is C23H41NO4. The molecule has 5 heteroatoms. The molecule has 0 heterocycles. The van der Waals surface area contributed by atoms with Crippen LogP contribution in [0.1, 0.15) is 79.1 Å². The molecule has 0 spiro atoms. The Morgan fingerprint density at radius 3 is 2.18 bits per heavy atom. The van der Waals surface area contributed by atoms with Gasteiger partial charge in [0.05, 0.1) is 12.7 Å². The van der Waals surface area contributed by atoms with E-state index in [0.29, 0.717) is 36.8 Å². The van der Waals surface area contributed by atoms with Crippen molar-refractivity contribution in [2.75, 3.05) is 19.8 Å². The smallest absolute Gasteiger partial charge is 0.222 e. The van der Waals surface area contributed by atoms with E-state index in [9.17, 15) is 9.59 Å². The SMILES string of the molecule is CCC(C)C(=O)C1CC(NC(=O)CCOCC2CCC(COC(C)C)CC2)C1. The number of hydrogen-bond donors (Lipinski definition) is 1. The van der Waals surface area contributed by atoms with E-state index in [-0.39, 0.29) is 23.8 Å². The lowest BCUT2D eigenvalue weighted by molar-refractivity contribution is -0.132. The normalized spacial score (nSPS) is 28.6. The van der Waals surface area contributed by atoms with Crippen LogP contribution < -0.4 is 5.32 Å².